The van der Waals surface area contributed by atoms with E-state index in [-0.39, 0.29) is 13.2 Å². The molecular formula is C25H38N2O2. The van der Waals surface area contributed by atoms with Crippen LogP contribution in [0.1, 0.15) is 74.6 Å². The topological polar surface area (TPSA) is 42.4 Å². The number of nitrogens with zero attached hydrogens (tertiary/aromatic N) is 2. The maximum atomic E-state index is 12.6. The van der Waals surface area contributed by atoms with Crippen molar-refractivity contribution in [3.8, 4) is 5.75 Å². The predicted molar refractivity (Wildman–Crippen MR) is 122 cm³/mol. The van der Waals surface area contributed by atoms with Crippen LogP contribution in [0.5, 0.6) is 5.75 Å². The van der Waals surface area contributed by atoms with Crippen LogP contribution in [-0.4, -0.2) is 42.9 Å². The molecule has 0 bridgehead atoms. The monoisotopic (exact) mass is 398 g/mol. The smallest absolute Gasteiger partial charge is 0.181 e. The highest BCUT2D eigenvalue weighted by molar-refractivity contribution is 5.94. The van der Waals surface area contributed by atoms with Crippen LogP contribution in [0.2, 0.25) is 0 Å². The van der Waals surface area contributed by atoms with Crippen LogP contribution in [0.15, 0.2) is 42.5 Å². The van der Waals surface area contributed by atoms with Crippen LogP contribution in [0.25, 0.3) is 0 Å². The molecule has 160 valence electrons. The molecule has 0 aliphatic carbocycles. The summed E-state index contributed by atoms with van der Waals surface area (Å²) in [5.41, 5.74) is 2.84. The summed E-state index contributed by atoms with van der Waals surface area (Å²) >= 11 is 0. The molecule has 2 aromatic rings. The van der Waals surface area contributed by atoms with E-state index in [1.165, 1.54) is 0 Å². The number of likely N-dealkylation sites (tertiary alicyclic amines) is 1. The van der Waals surface area contributed by atoms with E-state index in [9.17, 15) is 4.79 Å². The first-order valence-corrected chi connectivity index (χ1v) is 10.5. The number of hydrogen-bond donors (Lipinski definition) is 0. The molecule has 1 aromatic heterocycles. The van der Waals surface area contributed by atoms with E-state index in [4.69, 9.17) is 4.74 Å². The van der Waals surface area contributed by atoms with Crippen molar-refractivity contribution in [1.82, 2.24) is 9.88 Å². The third kappa shape index (κ3) is 7.28. The predicted octanol–water partition coefficient (Wildman–Crippen LogP) is 5.77. The van der Waals surface area contributed by atoms with E-state index in [1.54, 1.807) is 7.11 Å². The molecule has 0 saturated carbocycles. The van der Waals surface area contributed by atoms with E-state index < -0.39 is 0 Å². The van der Waals surface area contributed by atoms with Crippen molar-refractivity contribution in [1.29, 1.82) is 0 Å². The number of ether oxygens (including phenoxy) is 1. The summed E-state index contributed by atoms with van der Waals surface area (Å²) in [5.74, 6) is 1.50. The van der Waals surface area contributed by atoms with Crippen molar-refractivity contribution >= 4 is 5.78 Å². The SMILES string of the molecule is C.CC.COc1ccccc1CCCC(=O)c1cccc(C2CCN(C)CC2)n1. The van der Waals surface area contributed by atoms with Gasteiger partial charge >= 0.3 is 0 Å². The molecule has 0 amide bonds. The van der Waals surface area contributed by atoms with Gasteiger partial charge in [0.05, 0.1) is 7.11 Å². The van der Waals surface area contributed by atoms with Crippen LogP contribution < -0.4 is 4.74 Å². The van der Waals surface area contributed by atoms with Crippen LogP contribution in [0, 0.1) is 0 Å². The first kappa shape index (κ1) is 24.8. The summed E-state index contributed by atoms with van der Waals surface area (Å²) in [7, 11) is 3.84. The van der Waals surface area contributed by atoms with Gasteiger partial charge in [0.2, 0.25) is 0 Å². The van der Waals surface area contributed by atoms with Crippen molar-refractivity contribution < 1.29 is 9.53 Å². The van der Waals surface area contributed by atoms with Crippen LogP contribution in [0.3, 0.4) is 0 Å². The number of para-hydroxylation sites is 1. The average molecular weight is 399 g/mol. The van der Waals surface area contributed by atoms with E-state index in [2.05, 4.69) is 29.1 Å². The second-order valence-electron chi connectivity index (χ2n) is 7.11. The molecule has 0 radical (unpaired) electrons. The zero-order valence-electron chi connectivity index (χ0n) is 17.8. The maximum absolute atomic E-state index is 12.6. The third-order valence-corrected chi connectivity index (χ3v) is 5.24. The Morgan fingerprint density at radius 2 is 1.79 bits per heavy atom. The first-order chi connectivity index (χ1) is 13.7. The lowest BCUT2D eigenvalue weighted by molar-refractivity contribution is 0.0975. The molecule has 1 saturated heterocycles. The second kappa shape index (κ2) is 13.1. The van der Waals surface area contributed by atoms with Gasteiger partial charge in [-0.1, -0.05) is 45.5 Å². The van der Waals surface area contributed by atoms with Gasteiger partial charge in [-0.2, -0.15) is 0 Å². The van der Waals surface area contributed by atoms with E-state index >= 15 is 0 Å². The summed E-state index contributed by atoms with van der Waals surface area (Å²) < 4.78 is 5.38. The van der Waals surface area contributed by atoms with Crippen molar-refractivity contribution in [3.63, 3.8) is 0 Å². The largest absolute Gasteiger partial charge is 0.496 e. The van der Waals surface area contributed by atoms with Crippen LogP contribution >= 0.6 is 0 Å². The van der Waals surface area contributed by atoms with Crippen molar-refractivity contribution in [2.45, 2.75) is 59.3 Å². The van der Waals surface area contributed by atoms with Crippen molar-refractivity contribution in [2.75, 3.05) is 27.2 Å². The highest BCUT2D eigenvalue weighted by atomic mass is 16.5. The number of pyridine rings is 1. The summed E-state index contributed by atoms with van der Waals surface area (Å²) in [4.78, 5) is 19.6. The molecule has 1 aliphatic heterocycles. The summed E-state index contributed by atoms with van der Waals surface area (Å²) in [6.07, 6.45) is 4.40. The van der Waals surface area contributed by atoms with E-state index in [0.717, 1.165) is 55.8 Å². The quantitative estimate of drug-likeness (QED) is 0.556. The number of aryl methyl sites for hydroxylation is 1. The number of piperidine rings is 1. The average Bonchev–Trinajstić information content (AvgIpc) is 2.76. The van der Waals surface area contributed by atoms with Gasteiger partial charge in [-0.25, -0.2) is 4.98 Å². The van der Waals surface area contributed by atoms with Crippen molar-refractivity contribution in [2.24, 2.45) is 0 Å². The number of benzene rings is 1. The molecule has 4 nitrogen and oxygen atoms in total. The maximum Gasteiger partial charge on any atom is 0.181 e. The van der Waals surface area contributed by atoms with Crippen LogP contribution in [-0.2, 0) is 6.42 Å². The molecule has 0 atom stereocenters. The number of hydrogen-bond acceptors (Lipinski definition) is 4. The number of methoxy groups -OCH3 is 1. The minimum atomic E-state index is 0. The van der Waals surface area contributed by atoms with Gasteiger partial charge in [0.15, 0.2) is 5.78 Å². The van der Waals surface area contributed by atoms with Gasteiger partial charge in [0.1, 0.15) is 11.4 Å². The second-order valence-corrected chi connectivity index (χ2v) is 7.11. The Kier molecular flexibility index (Phi) is 11.2. The van der Waals surface area contributed by atoms with Gasteiger partial charge in [0, 0.05) is 18.0 Å². The lowest BCUT2D eigenvalue weighted by Gasteiger charge is -2.28. The van der Waals surface area contributed by atoms with E-state index in [0.29, 0.717) is 18.0 Å². The highest BCUT2D eigenvalue weighted by Crippen LogP contribution is 2.26. The molecule has 2 heterocycles. The van der Waals surface area contributed by atoms with Gasteiger partial charge in [-0.3, -0.25) is 4.79 Å². The number of aromatic nitrogens is 1. The summed E-state index contributed by atoms with van der Waals surface area (Å²) in [6.45, 7) is 6.20. The zero-order valence-corrected chi connectivity index (χ0v) is 17.8. The number of ketones is 1. The Bertz CT molecular complexity index is 737. The minimum absolute atomic E-state index is 0. The Labute approximate surface area is 177 Å². The molecule has 29 heavy (non-hydrogen) atoms. The molecule has 1 aliphatic rings. The molecule has 0 spiro atoms. The molecular weight excluding hydrogens is 360 g/mol. The highest BCUT2D eigenvalue weighted by Gasteiger charge is 2.20. The third-order valence-electron chi connectivity index (χ3n) is 5.24. The lowest BCUT2D eigenvalue weighted by Crippen LogP contribution is -2.29. The fourth-order valence-electron chi connectivity index (χ4n) is 3.62. The van der Waals surface area contributed by atoms with Gasteiger partial charge < -0.3 is 9.64 Å². The molecule has 4 heteroatoms. The Balaban J connectivity index is 0.00000136. The fraction of sp³-hybridized carbons (Fsp3) is 0.520. The standard InChI is InChI=1S/C22H28N2O2.C2H6.CH4/c1-24-15-13-17(14-16-24)19-9-6-10-20(23-19)21(25)11-5-8-18-7-3-4-12-22(18)26-2;1-2;/h3-4,6-7,9-10,12,17H,5,8,11,13-16H2,1-2H3;1-2H3;1H4. The molecule has 0 N–H and O–H groups in total. The fourth-order valence-corrected chi connectivity index (χ4v) is 3.62. The minimum Gasteiger partial charge on any atom is -0.496 e. The zero-order chi connectivity index (χ0) is 20.4. The number of Topliss-reactive ketones (excluding diaryl/α,β-unsaturated/α-hetero) is 1. The Morgan fingerprint density at radius 3 is 2.48 bits per heavy atom. The number of carbonyl (C=O) groups excluding carboxylic acids is 1. The van der Waals surface area contributed by atoms with Gasteiger partial charge in [0.25, 0.3) is 0 Å². The molecule has 1 fully saturated rings. The Morgan fingerprint density at radius 1 is 1.10 bits per heavy atom. The summed E-state index contributed by atoms with van der Waals surface area (Å²) in [5, 5.41) is 0. The van der Waals surface area contributed by atoms with E-state index in [1.807, 2.05) is 44.2 Å². The normalized spacial score (nSPS) is 14.3. The number of rotatable bonds is 7. The van der Waals surface area contributed by atoms with Gasteiger partial charge in [-0.05, 0) is 69.6 Å². The molecule has 0 unspecified atom stereocenters. The molecule has 3 rings (SSSR count). The lowest BCUT2D eigenvalue weighted by atomic mass is 9.93. The first-order valence-electron chi connectivity index (χ1n) is 10.5. The van der Waals surface area contributed by atoms with Crippen LogP contribution in [0.4, 0.5) is 0 Å². The summed E-state index contributed by atoms with van der Waals surface area (Å²) in [6, 6.07) is 13.9. The van der Waals surface area contributed by atoms with Crippen molar-refractivity contribution in [3.05, 3.63) is 59.4 Å². The number of carbonyl (C=O) groups is 1. The molecule has 1 aromatic carbocycles. The van der Waals surface area contributed by atoms with Gasteiger partial charge in [-0.15, -0.1) is 0 Å². The Hall–Kier alpha value is -2.20.